The standard InChI is InChI=1S/C6H10O4S/c7-2-1-4(6(10)11)3-5(8)9/h4,7H,1-3H2,(H,8,9)(H,10,11). The topological polar surface area (TPSA) is 77.8 Å². The van der Waals surface area contributed by atoms with Gasteiger partial charge in [0.15, 0.2) is 5.05 Å². The Labute approximate surface area is 69.5 Å². The molecule has 0 saturated carbocycles. The van der Waals surface area contributed by atoms with E-state index in [-0.39, 0.29) is 24.5 Å². The first-order valence-electron chi connectivity index (χ1n) is 3.13. The summed E-state index contributed by atoms with van der Waals surface area (Å²) in [4.78, 5) is 10.1. The maximum atomic E-state index is 10.1. The van der Waals surface area contributed by atoms with Crippen molar-refractivity contribution in [2.45, 2.75) is 12.8 Å². The molecule has 0 aliphatic heterocycles. The van der Waals surface area contributed by atoms with Crippen molar-refractivity contribution in [3.8, 4) is 0 Å². The maximum Gasteiger partial charge on any atom is 0.304 e. The van der Waals surface area contributed by atoms with Crippen molar-refractivity contribution in [3.63, 3.8) is 0 Å². The molecule has 0 radical (unpaired) electrons. The van der Waals surface area contributed by atoms with Crippen LogP contribution < -0.4 is 0 Å². The number of aliphatic hydroxyl groups excluding tert-OH is 2. The molecular weight excluding hydrogens is 168 g/mol. The van der Waals surface area contributed by atoms with Gasteiger partial charge in [-0.3, -0.25) is 4.79 Å². The van der Waals surface area contributed by atoms with Gasteiger partial charge in [0.1, 0.15) is 0 Å². The first kappa shape index (κ1) is 10.3. The maximum absolute atomic E-state index is 10.1. The SMILES string of the molecule is O=C(O)CC(CCO)C(O)=S. The highest BCUT2D eigenvalue weighted by molar-refractivity contribution is 7.80. The minimum absolute atomic E-state index is 0.168. The average Bonchev–Trinajstić information content (AvgIpc) is 1.86. The average molecular weight is 178 g/mol. The molecule has 64 valence electrons. The Balaban J connectivity index is 3.89. The first-order chi connectivity index (χ1) is 5.07. The molecule has 3 N–H and O–H groups in total. The van der Waals surface area contributed by atoms with Crippen LogP contribution in [0, 0.1) is 5.92 Å². The molecule has 4 nitrogen and oxygen atoms in total. The molecule has 0 aliphatic carbocycles. The quantitative estimate of drug-likeness (QED) is 0.529. The molecule has 0 fully saturated rings. The van der Waals surface area contributed by atoms with Crippen molar-refractivity contribution in [1.82, 2.24) is 0 Å². The minimum Gasteiger partial charge on any atom is -0.502 e. The monoisotopic (exact) mass is 178 g/mol. The van der Waals surface area contributed by atoms with Gasteiger partial charge >= 0.3 is 5.97 Å². The molecule has 0 spiro atoms. The van der Waals surface area contributed by atoms with E-state index in [0.717, 1.165) is 0 Å². The lowest BCUT2D eigenvalue weighted by atomic mass is 10.0. The summed E-state index contributed by atoms with van der Waals surface area (Å²) in [5, 5.41) is 25.1. The zero-order valence-electron chi connectivity index (χ0n) is 5.86. The Morgan fingerprint density at radius 1 is 1.45 bits per heavy atom. The van der Waals surface area contributed by atoms with Gasteiger partial charge in [-0.15, -0.1) is 0 Å². The van der Waals surface area contributed by atoms with Crippen molar-refractivity contribution in [3.05, 3.63) is 0 Å². The van der Waals surface area contributed by atoms with E-state index in [2.05, 4.69) is 12.2 Å². The van der Waals surface area contributed by atoms with Gasteiger partial charge in [-0.1, -0.05) is 0 Å². The van der Waals surface area contributed by atoms with Crippen molar-refractivity contribution in [1.29, 1.82) is 0 Å². The van der Waals surface area contributed by atoms with Crippen LogP contribution in [0.4, 0.5) is 0 Å². The van der Waals surface area contributed by atoms with Crippen LogP contribution in [0.1, 0.15) is 12.8 Å². The molecule has 0 amide bonds. The first-order valence-corrected chi connectivity index (χ1v) is 3.54. The number of carboxylic acids is 1. The third kappa shape index (κ3) is 4.69. The van der Waals surface area contributed by atoms with E-state index in [0.29, 0.717) is 0 Å². The van der Waals surface area contributed by atoms with Gasteiger partial charge in [0.05, 0.1) is 6.42 Å². The summed E-state index contributed by atoms with van der Waals surface area (Å²) >= 11 is 4.38. The van der Waals surface area contributed by atoms with Crippen LogP contribution in [-0.2, 0) is 4.79 Å². The number of carboxylic acid groups (broad SMARTS) is 1. The Morgan fingerprint density at radius 3 is 2.27 bits per heavy atom. The number of aliphatic carboxylic acids is 1. The predicted octanol–water partition coefficient (Wildman–Crippen LogP) is 0.345. The number of rotatable bonds is 5. The number of hydrogen-bond acceptors (Lipinski definition) is 3. The Hall–Kier alpha value is -0.680. The van der Waals surface area contributed by atoms with E-state index in [4.69, 9.17) is 15.3 Å². The molecule has 1 unspecified atom stereocenters. The van der Waals surface area contributed by atoms with E-state index >= 15 is 0 Å². The fraction of sp³-hybridized carbons (Fsp3) is 0.667. The van der Waals surface area contributed by atoms with Gasteiger partial charge in [0, 0.05) is 12.5 Å². The van der Waals surface area contributed by atoms with Gasteiger partial charge in [-0.2, -0.15) is 0 Å². The molecule has 0 aromatic carbocycles. The summed E-state index contributed by atoms with van der Waals surface area (Å²) in [6.07, 6.45) is -0.0302. The summed E-state index contributed by atoms with van der Waals surface area (Å²) in [5.74, 6) is -1.63. The van der Waals surface area contributed by atoms with Crippen LogP contribution in [0.3, 0.4) is 0 Å². The van der Waals surface area contributed by atoms with Gasteiger partial charge in [0.2, 0.25) is 0 Å². The Bertz CT molecular complexity index is 157. The van der Waals surface area contributed by atoms with Crippen LogP contribution >= 0.6 is 12.2 Å². The second-order valence-electron chi connectivity index (χ2n) is 2.15. The van der Waals surface area contributed by atoms with Crippen molar-refractivity contribution >= 4 is 23.2 Å². The molecule has 0 bridgehead atoms. The van der Waals surface area contributed by atoms with Crippen molar-refractivity contribution in [2.24, 2.45) is 5.92 Å². The number of aliphatic hydroxyl groups is 2. The van der Waals surface area contributed by atoms with Crippen LogP contribution in [0.15, 0.2) is 0 Å². The van der Waals surface area contributed by atoms with Crippen molar-refractivity contribution in [2.75, 3.05) is 6.61 Å². The fourth-order valence-corrected chi connectivity index (χ4v) is 0.881. The Morgan fingerprint density at radius 2 is 2.00 bits per heavy atom. The van der Waals surface area contributed by atoms with E-state index in [1.807, 2.05) is 0 Å². The third-order valence-electron chi connectivity index (χ3n) is 1.25. The zero-order chi connectivity index (χ0) is 8.85. The van der Waals surface area contributed by atoms with Crippen LogP contribution in [0.2, 0.25) is 0 Å². The zero-order valence-corrected chi connectivity index (χ0v) is 6.67. The molecule has 0 aliphatic rings. The smallest absolute Gasteiger partial charge is 0.304 e. The highest BCUT2D eigenvalue weighted by Gasteiger charge is 2.16. The van der Waals surface area contributed by atoms with Gasteiger partial charge in [0.25, 0.3) is 0 Å². The normalized spacial score (nSPS) is 12.5. The fourth-order valence-electron chi connectivity index (χ4n) is 0.679. The number of carbonyl (C=O) groups is 1. The molecule has 0 heterocycles. The molecule has 5 heteroatoms. The molecular formula is C6H10O4S. The van der Waals surface area contributed by atoms with Crippen LogP contribution in [-0.4, -0.2) is 32.9 Å². The summed E-state index contributed by atoms with van der Waals surface area (Å²) in [5.41, 5.74) is 0. The lowest BCUT2D eigenvalue weighted by molar-refractivity contribution is -0.137. The summed E-state index contributed by atoms with van der Waals surface area (Å²) in [7, 11) is 0. The third-order valence-corrected chi connectivity index (χ3v) is 1.58. The number of thiocarbonyl (C=S) groups is 1. The molecule has 1 atom stereocenters. The summed E-state index contributed by atoms with van der Waals surface area (Å²) in [6, 6.07) is 0. The van der Waals surface area contributed by atoms with Gasteiger partial charge < -0.3 is 15.3 Å². The van der Waals surface area contributed by atoms with E-state index < -0.39 is 11.9 Å². The van der Waals surface area contributed by atoms with E-state index in [1.165, 1.54) is 0 Å². The summed E-state index contributed by atoms with van der Waals surface area (Å²) < 4.78 is 0. The summed E-state index contributed by atoms with van der Waals surface area (Å²) in [6.45, 7) is -0.168. The lowest BCUT2D eigenvalue weighted by Gasteiger charge is -2.08. The Kier molecular flexibility index (Phi) is 4.72. The second-order valence-corrected chi connectivity index (χ2v) is 2.56. The molecule has 0 rings (SSSR count). The highest BCUT2D eigenvalue weighted by atomic mass is 32.1. The lowest BCUT2D eigenvalue weighted by Crippen LogP contribution is -2.17. The number of hydrogen-bond donors (Lipinski definition) is 3. The minimum atomic E-state index is -1.03. The van der Waals surface area contributed by atoms with E-state index in [9.17, 15) is 4.79 Å². The molecule has 11 heavy (non-hydrogen) atoms. The van der Waals surface area contributed by atoms with Gasteiger partial charge in [-0.05, 0) is 18.6 Å². The highest BCUT2D eigenvalue weighted by Crippen LogP contribution is 2.09. The molecule has 0 aromatic rings. The molecule has 0 saturated heterocycles. The largest absolute Gasteiger partial charge is 0.502 e. The predicted molar refractivity (Wildman–Crippen MR) is 42.7 cm³/mol. The van der Waals surface area contributed by atoms with Crippen LogP contribution in [0.25, 0.3) is 0 Å². The van der Waals surface area contributed by atoms with Crippen LogP contribution in [0.5, 0.6) is 0 Å². The van der Waals surface area contributed by atoms with E-state index in [1.54, 1.807) is 0 Å². The van der Waals surface area contributed by atoms with Gasteiger partial charge in [-0.25, -0.2) is 0 Å². The van der Waals surface area contributed by atoms with Crippen molar-refractivity contribution < 1.29 is 20.1 Å². The second kappa shape index (κ2) is 5.03. The molecule has 0 aromatic heterocycles.